The standard InChI is InChI=1S/C29H35NO4/c1-17(23-12-21(31)13-24(32)33-23)25-26(28(2,3)4)22(11-20-14-29(5,6)34-27(20)25)30-15-18-9-7-8-10-19(18)16-30/h7-11,15-17,21,23,31H,12-14H2,1-6H3/t17?,21-,23+/m1/s1. The van der Waals surface area contributed by atoms with Crippen LogP contribution in [0.3, 0.4) is 0 Å². The molecule has 2 aliphatic rings. The van der Waals surface area contributed by atoms with Crippen LogP contribution in [0.25, 0.3) is 16.5 Å². The fourth-order valence-corrected chi connectivity index (χ4v) is 5.70. The second-order valence-electron chi connectivity index (χ2n) is 11.7. The minimum Gasteiger partial charge on any atom is -0.487 e. The molecular weight excluding hydrogens is 426 g/mol. The summed E-state index contributed by atoms with van der Waals surface area (Å²) in [6, 6.07) is 10.7. The highest BCUT2D eigenvalue weighted by molar-refractivity contribution is 5.83. The van der Waals surface area contributed by atoms with Crippen molar-refractivity contribution in [3.63, 3.8) is 0 Å². The van der Waals surface area contributed by atoms with Crippen molar-refractivity contribution in [1.82, 2.24) is 4.57 Å². The van der Waals surface area contributed by atoms with E-state index < -0.39 is 12.2 Å². The summed E-state index contributed by atoms with van der Waals surface area (Å²) >= 11 is 0. The topological polar surface area (TPSA) is 60.7 Å². The Bertz CT molecular complexity index is 1230. The van der Waals surface area contributed by atoms with E-state index in [1.54, 1.807) is 0 Å². The lowest BCUT2D eigenvalue weighted by molar-refractivity contribution is -0.161. The Morgan fingerprint density at radius 2 is 1.79 bits per heavy atom. The molecule has 5 heteroatoms. The Balaban J connectivity index is 1.76. The van der Waals surface area contributed by atoms with E-state index in [9.17, 15) is 9.90 Å². The monoisotopic (exact) mass is 461 g/mol. The molecule has 0 saturated carbocycles. The predicted octanol–water partition coefficient (Wildman–Crippen LogP) is 5.81. The second-order valence-corrected chi connectivity index (χ2v) is 11.7. The molecule has 0 amide bonds. The van der Waals surface area contributed by atoms with Crippen LogP contribution < -0.4 is 4.74 Å². The van der Waals surface area contributed by atoms with Crippen molar-refractivity contribution in [3.8, 4) is 11.4 Å². The van der Waals surface area contributed by atoms with Gasteiger partial charge in [0, 0.05) is 48.0 Å². The summed E-state index contributed by atoms with van der Waals surface area (Å²) in [7, 11) is 0. The summed E-state index contributed by atoms with van der Waals surface area (Å²) < 4.78 is 14.6. The molecule has 1 fully saturated rings. The van der Waals surface area contributed by atoms with Gasteiger partial charge < -0.3 is 19.1 Å². The Morgan fingerprint density at radius 3 is 2.38 bits per heavy atom. The number of aliphatic hydroxyl groups excluding tert-OH is 1. The van der Waals surface area contributed by atoms with Crippen LogP contribution in [0.2, 0.25) is 0 Å². The van der Waals surface area contributed by atoms with E-state index in [-0.39, 0.29) is 29.3 Å². The number of cyclic esters (lactones) is 1. The van der Waals surface area contributed by atoms with Gasteiger partial charge in [0.25, 0.3) is 0 Å². The van der Waals surface area contributed by atoms with E-state index in [0.29, 0.717) is 6.42 Å². The molecule has 3 heterocycles. The lowest BCUT2D eigenvalue weighted by atomic mass is 9.75. The summed E-state index contributed by atoms with van der Waals surface area (Å²) in [5, 5.41) is 12.7. The summed E-state index contributed by atoms with van der Waals surface area (Å²) in [6.07, 6.45) is 4.62. The third kappa shape index (κ3) is 4.00. The normalized spacial score (nSPS) is 22.9. The molecule has 0 radical (unpaired) electrons. The van der Waals surface area contributed by atoms with Gasteiger partial charge in [-0.1, -0.05) is 52.0 Å². The van der Waals surface area contributed by atoms with Gasteiger partial charge in [0.1, 0.15) is 17.5 Å². The maximum atomic E-state index is 12.2. The first-order chi connectivity index (χ1) is 15.9. The van der Waals surface area contributed by atoms with E-state index in [1.165, 1.54) is 21.9 Å². The van der Waals surface area contributed by atoms with Crippen LogP contribution in [-0.4, -0.2) is 33.5 Å². The summed E-state index contributed by atoms with van der Waals surface area (Å²) in [4.78, 5) is 12.2. The summed E-state index contributed by atoms with van der Waals surface area (Å²) in [5.74, 6) is 0.457. The van der Waals surface area contributed by atoms with E-state index in [0.717, 1.165) is 23.4 Å². The molecule has 5 nitrogen and oxygen atoms in total. The SMILES string of the molecule is CC(c1c2c(cc(-n3cc4ccccc4c3)c1C(C)(C)C)CC(C)(C)O2)[C@@H]1C[C@@H](O)CC(=O)O1. The van der Waals surface area contributed by atoms with Crippen molar-refractivity contribution < 1.29 is 19.4 Å². The fourth-order valence-electron chi connectivity index (χ4n) is 5.70. The van der Waals surface area contributed by atoms with Crippen LogP contribution in [0.15, 0.2) is 42.7 Å². The van der Waals surface area contributed by atoms with Gasteiger partial charge in [-0.25, -0.2) is 0 Å². The molecule has 5 rings (SSSR count). The van der Waals surface area contributed by atoms with Gasteiger partial charge in [0.15, 0.2) is 0 Å². The molecule has 0 bridgehead atoms. The van der Waals surface area contributed by atoms with Crippen LogP contribution in [-0.2, 0) is 21.4 Å². The lowest BCUT2D eigenvalue weighted by Gasteiger charge is -2.36. The Morgan fingerprint density at radius 1 is 1.15 bits per heavy atom. The number of carbonyl (C=O) groups is 1. The van der Waals surface area contributed by atoms with Crippen molar-refractivity contribution in [2.45, 2.75) is 89.9 Å². The first-order valence-corrected chi connectivity index (χ1v) is 12.3. The molecule has 0 spiro atoms. The summed E-state index contributed by atoms with van der Waals surface area (Å²) in [5.41, 5.74) is 4.08. The molecular formula is C29H35NO4. The number of carbonyl (C=O) groups excluding carboxylic acids is 1. The smallest absolute Gasteiger partial charge is 0.308 e. The van der Waals surface area contributed by atoms with E-state index in [2.05, 4.69) is 88.8 Å². The molecule has 2 aromatic carbocycles. The van der Waals surface area contributed by atoms with Crippen molar-refractivity contribution in [2.75, 3.05) is 0 Å². The first kappa shape index (κ1) is 23.0. The number of hydrogen-bond donors (Lipinski definition) is 1. The highest BCUT2D eigenvalue weighted by Crippen LogP contribution is 2.49. The molecule has 1 N–H and O–H groups in total. The van der Waals surface area contributed by atoms with Crippen LogP contribution in [0.5, 0.6) is 5.75 Å². The maximum absolute atomic E-state index is 12.2. The highest BCUT2D eigenvalue weighted by atomic mass is 16.5. The minimum absolute atomic E-state index is 0.0625. The van der Waals surface area contributed by atoms with Gasteiger partial charge >= 0.3 is 5.97 Å². The lowest BCUT2D eigenvalue weighted by Crippen LogP contribution is -2.36. The number of esters is 1. The number of fused-ring (bicyclic) bond motifs is 2. The zero-order chi connectivity index (χ0) is 24.4. The molecule has 1 saturated heterocycles. The maximum Gasteiger partial charge on any atom is 0.308 e. The van der Waals surface area contributed by atoms with E-state index in [1.807, 2.05) is 0 Å². The van der Waals surface area contributed by atoms with E-state index in [4.69, 9.17) is 9.47 Å². The van der Waals surface area contributed by atoms with Crippen molar-refractivity contribution in [1.29, 1.82) is 0 Å². The number of ether oxygens (including phenoxy) is 2. The van der Waals surface area contributed by atoms with Gasteiger partial charge in [0.2, 0.25) is 0 Å². The van der Waals surface area contributed by atoms with Crippen LogP contribution in [0.1, 0.15) is 77.0 Å². The molecule has 180 valence electrons. The number of nitrogens with zero attached hydrogens (tertiary/aromatic N) is 1. The van der Waals surface area contributed by atoms with Gasteiger partial charge in [-0.3, -0.25) is 4.79 Å². The number of benzene rings is 2. The van der Waals surface area contributed by atoms with Gasteiger partial charge in [-0.2, -0.15) is 0 Å². The van der Waals surface area contributed by atoms with Crippen molar-refractivity contribution >= 4 is 16.7 Å². The van der Waals surface area contributed by atoms with Crippen LogP contribution in [0.4, 0.5) is 0 Å². The summed E-state index contributed by atoms with van der Waals surface area (Å²) in [6.45, 7) is 13.0. The molecule has 0 aliphatic carbocycles. The average molecular weight is 462 g/mol. The van der Waals surface area contributed by atoms with Gasteiger partial charge in [-0.05, 0) is 41.7 Å². The number of rotatable bonds is 3. The van der Waals surface area contributed by atoms with Crippen molar-refractivity contribution in [2.24, 2.45) is 0 Å². The number of aromatic nitrogens is 1. The second kappa shape index (κ2) is 7.88. The molecule has 34 heavy (non-hydrogen) atoms. The van der Waals surface area contributed by atoms with E-state index >= 15 is 0 Å². The Hall–Kier alpha value is -2.79. The third-order valence-electron chi connectivity index (χ3n) is 7.15. The minimum atomic E-state index is -0.671. The molecule has 1 aromatic heterocycles. The quantitative estimate of drug-likeness (QED) is 0.500. The molecule has 3 atom stereocenters. The molecule has 2 aliphatic heterocycles. The molecule has 3 aromatic rings. The highest BCUT2D eigenvalue weighted by Gasteiger charge is 2.41. The van der Waals surface area contributed by atoms with Gasteiger partial charge in [0.05, 0.1) is 12.5 Å². The van der Waals surface area contributed by atoms with Crippen molar-refractivity contribution in [3.05, 3.63) is 59.4 Å². The Kier molecular flexibility index (Phi) is 5.32. The fraction of sp³-hybridized carbons (Fsp3) is 0.483. The number of aliphatic hydroxyl groups is 1. The zero-order valence-electron chi connectivity index (χ0n) is 21.0. The van der Waals surface area contributed by atoms with Gasteiger partial charge in [-0.15, -0.1) is 0 Å². The van der Waals surface area contributed by atoms with Crippen LogP contribution in [0, 0.1) is 0 Å². The predicted molar refractivity (Wildman–Crippen MR) is 134 cm³/mol. The first-order valence-electron chi connectivity index (χ1n) is 12.3. The number of hydrogen-bond acceptors (Lipinski definition) is 4. The van der Waals surface area contributed by atoms with Crippen LogP contribution >= 0.6 is 0 Å². The molecule has 1 unspecified atom stereocenters. The largest absolute Gasteiger partial charge is 0.487 e. The Labute approximate surface area is 201 Å². The average Bonchev–Trinajstić information content (AvgIpc) is 3.29. The zero-order valence-corrected chi connectivity index (χ0v) is 21.0. The third-order valence-corrected chi connectivity index (χ3v) is 7.15.